The maximum Gasteiger partial charge on any atom is 0.230 e. The van der Waals surface area contributed by atoms with Crippen LogP contribution in [0.15, 0.2) is 24.3 Å². The summed E-state index contributed by atoms with van der Waals surface area (Å²) in [6.45, 7) is 9.42. The zero-order valence-corrected chi connectivity index (χ0v) is 22.8. The fraction of sp³-hybridized carbons (Fsp3) is 0.581. The molecule has 2 aromatic rings. The Labute approximate surface area is 220 Å². The zero-order chi connectivity index (χ0) is 26.2. The molecule has 6 nitrogen and oxygen atoms in total. The molecule has 1 fully saturated rings. The van der Waals surface area contributed by atoms with Crippen LogP contribution >= 0.6 is 0 Å². The fourth-order valence-electron chi connectivity index (χ4n) is 6.32. The summed E-state index contributed by atoms with van der Waals surface area (Å²) in [6, 6.07) is 8.49. The van der Waals surface area contributed by atoms with Crippen molar-refractivity contribution in [3.05, 3.63) is 46.5 Å². The molecular weight excluding hydrogens is 466 g/mol. The Morgan fingerprint density at radius 3 is 2.59 bits per heavy atom. The number of nitrogens with zero attached hydrogens (tertiary/aromatic N) is 1. The predicted octanol–water partition coefficient (Wildman–Crippen LogP) is 7.15. The van der Waals surface area contributed by atoms with E-state index in [1.54, 1.807) is 0 Å². The Bertz CT molecular complexity index is 1150. The van der Waals surface area contributed by atoms with Crippen molar-refractivity contribution < 1.29 is 24.4 Å². The highest BCUT2D eigenvalue weighted by atomic mass is 17.1. The molecule has 1 saturated carbocycles. The lowest BCUT2D eigenvalue weighted by atomic mass is 9.83. The van der Waals surface area contributed by atoms with Gasteiger partial charge in [-0.2, -0.15) is 0 Å². The van der Waals surface area contributed by atoms with Gasteiger partial charge >= 0.3 is 0 Å². The van der Waals surface area contributed by atoms with Gasteiger partial charge in [0, 0.05) is 23.7 Å². The Morgan fingerprint density at radius 1 is 1.08 bits per heavy atom. The van der Waals surface area contributed by atoms with Gasteiger partial charge in [-0.1, -0.05) is 25.3 Å². The number of carbonyl (C=O) groups is 1. The number of ether oxygens (including phenoxy) is 2. The van der Waals surface area contributed by atoms with Crippen LogP contribution in [-0.2, 0) is 27.3 Å². The molecule has 0 saturated heterocycles. The van der Waals surface area contributed by atoms with E-state index in [2.05, 4.69) is 25.1 Å². The molecule has 1 aliphatic carbocycles. The molecule has 5 rings (SSSR count). The van der Waals surface area contributed by atoms with Gasteiger partial charge in [-0.25, -0.2) is 10.1 Å². The summed E-state index contributed by atoms with van der Waals surface area (Å²) in [5.41, 5.74) is 6.54. The predicted molar refractivity (Wildman–Crippen MR) is 145 cm³/mol. The first-order valence-corrected chi connectivity index (χ1v) is 14.0. The third kappa shape index (κ3) is 5.43. The maximum atomic E-state index is 13.7. The number of benzene rings is 2. The van der Waals surface area contributed by atoms with Crippen LogP contribution in [0.1, 0.15) is 94.3 Å². The number of carbonyl (C=O) groups excluding carboxylic acids is 1. The fourth-order valence-corrected chi connectivity index (χ4v) is 6.32. The summed E-state index contributed by atoms with van der Waals surface area (Å²) < 4.78 is 12.1. The van der Waals surface area contributed by atoms with E-state index in [1.165, 1.54) is 12.0 Å². The van der Waals surface area contributed by atoms with E-state index < -0.39 is 11.9 Å². The van der Waals surface area contributed by atoms with Crippen molar-refractivity contribution in [1.29, 1.82) is 0 Å². The van der Waals surface area contributed by atoms with Gasteiger partial charge in [-0.05, 0) is 112 Å². The van der Waals surface area contributed by atoms with Crippen molar-refractivity contribution in [1.82, 2.24) is 0 Å². The topological polar surface area (TPSA) is 68.2 Å². The smallest absolute Gasteiger partial charge is 0.230 e. The Hall–Kier alpha value is -2.41. The van der Waals surface area contributed by atoms with Gasteiger partial charge < -0.3 is 14.4 Å². The summed E-state index contributed by atoms with van der Waals surface area (Å²) in [5.74, 6) is 1.28. The van der Waals surface area contributed by atoms with Crippen molar-refractivity contribution in [2.45, 2.75) is 97.4 Å². The minimum Gasteiger partial charge on any atom is -0.493 e. The Kier molecular flexibility index (Phi) is 7.62. The third-order valence-corrected chi connectivity index (χ3v) is 7.96. The molecule has 2 aromatic carbocycles. The number of amides is 1. The van der Waals surface area contributed by atoms with Crippen molar-refractivity contribution in [3.8, 4) is 16.9 Å². The number of hydrogen-bond donors (Lipinski definition) is 1. The van der Waals surface area contributed by atoms with E-state index in [0.29, 0.717) is 0 Å². The van der Waals surface area contributed by atoms with Crippen molar-refractivity contribution in [2.24, 2.45) is 5.92 Å². The van der Waals surface area contributed by atoms with E-state index in [4.69, 9.17) is 14.4 Å². The van der Waals surface area contributed by atoms with Crippen molar-refractivity contribution in [2.75, 3.05) is 18.1 Å². The molecule has 37 heavy (non-hydrogen) atoms. The molecule has 0 spiro atoms. The minimum atomic E-state index is -0.972. The Morgan fingerprint density at radius 2 is 1.86 bits per heavy atom. The van der Waals surface area contributed by atoms with Crippen LogP contribution in [0.5, 0.6) is 5.75 Å². The first kappa shape index (κ1) is 26.2. The number of aryl methyl sites for hydroxylation is 2. The van der Waals surface area contributed by atoms with Crippen LogP contribution in [0.4, 0.5) is 5.69 Å². The van der Waals surface area contributed by atoms with Crippen molar-refractivity contribution in [3.63, 3.8) is 0 Å². The summed E-state index contributed by atoms with van der Waals surface area (Å²) in [6.07, 6.45) is 8.09. The average Bonchev–Trinajstić information content (AvgIpc) is 2.90. The molecule has 1 amide bonds. The monoisotopic (exact) mass is 507 g/mol. The summed E-state index contributed by atoms with van der Waals surface area (Å²) in [5, 5.41) is 10.2. The first-order chi connectivity index (χ1) is 17.8. The largest absolute Gasteiger partial charge is 0.493 e. The van der Waals surface area contributed by atoms with Gasteiger partial charge in [-0.15, -0.1) is 0 Å². The van der Waals surface area contributed by atoms with Gasteiger partial charge in [0.25, 0.3) is 0 Å². The van der Waals surface area contributed by atoms with Crippen LogP contribution in [0.2, 0.25) is 0 Å². The number of fused-ring (bicyclic) bond motifs is 2. The van der Waals surface area contributed by atoms with Crippen LogP contribution in [0, 0.1) is 12.8 Å². The molecule has 0 bridgehead atoms. The Balaban J connectivity index is 1.66. The van der Waals surface area contributed by atoms with Crippen molar-refractivity contribution >= 4 is 11.6 Å². The molecule has 1 N–H and O–H groups in total. The van der Waals surface area contributed by atoms with Crippen LogP contribution in [0.3, 0.4) is 0 Å². The number of hydrogen-bond acceptors (Lipinski definition) is 5. The van der Waals surface area contributed by atoms with Gasteiger partial charge in [-0.3, -0.25) is 4.79 Å². The molecule has 0 radical (unpaired) electrons. The highest BCUT2D eigenvalue weighted by Gasteiger charge is 2.35. The second kappa shape index (κ2) is 10.8. The lowest BCUT2D eigenvalue weighted by Crippen LogP contribution is -2.41. The van der Waals surface area contributed by atoms with Gasteiger partial charge in [0.2, 0.25) is 12.2 Å². The number of rotatable bonds is 5. The molecule has 2 heterocycles. The SMILES string of the molecule is Cc1cc2c(c(C(OO)OC(C)(C)C)c1-c1ccc3c(c1)CCCO3)CCCN2C(=O)C1CCCCC1. The third-order valence-electron chi connectivity index (χ3n) is 7.96. The van der Waals surface area contributed by atoms with Gasteiger partial charge in [0.05, 0.1) is 12.2 Å². The molecule has 6 heteroatoms. The highest BCUT2D eigenvalue weighted by molar-refractivity contribution is 5.97. The van der Waals surface area contributed by atoms with E-state index in [-0.39, 0.29) is 11.8 Å². The second-order valence-electron chi connectivity index (χ2n) is 11.9. The number of anilines is 1. The molecule has 1 unspecified atom stereocenters. The molecular formula is C31H41NO5. The van der Waals surface area contributed by atoms with E-state index in [0.717, 1.165) is 104 Å². The second-order valence-corrected chi connectivity index (χ2v) is 11.9. The minimum absolute atomic E-state index is 0.0968. The zero-order valence-electron chi connectivity index (χ0n) is 22.8. The van der Waals surface area contributed by atoms with Crippen LogP contribution < -0.4 is 9.64 Å². The molecule has 3 aliphatic rings. The van der Waals surface area contributed by atoms with Gasteiger partial charge in [0.15, 0.2) is 0 Å². The molecule has 0 aromatic heterocycles. The summed E-state index contributed by atoms with van der Waals surface area (Å²) in [7, 11) is 0. The van der Waals surface area contributed by atoms with Gasteiger partial charge in [0.1, 0.15) is 5.75 Å². The van der Waals surface area contributed by atoms with E-state index in [9.17, 15) is 10.1 Å². The van der Waals surface area contributed by atoms with Crippen LogP contribution in [0.25, 0.3) is 11.1 Å². The first-order valence-electron chi connectivity index (χ1n) is 14.0. The quantitative estimate of drug-likeness (QED) is 0.264. The van der Waals surface area contributed by atoms with E-state index >= 15 is 0 Å². The molecule has 200 valence electrons. The lowest BCUT2D eigenvalue weighted by molar-refractivity contribution is -0.367. The maximum absolute atomic E-state index is 13.7. The summed E-state index contributed by atoms with van der Waals surface area (Å²) >= 11 is 0. The lowest BCUT2D eigenvalue weighted by Gasteiger charge is -2.37. The average molecular weight is 508 g/mol. The van der Waals surface area contributed by atoms with Crippen LogP contribution in [-0.4, -0.2) is 29.9 Å². The normalized spacial score (nSPS) is 19.1. The summed E-state index contributed by atoms with van der Waals surface area (Å²) in [4.78, 5) is 20.8. The standard InChI is InChI=1S/C31H41NO5/c1-20-18-25-24(13-8-16-32(25)29(33)21-10-6-5-7-11-21)28(30(37-34)36-31(2,3)4)27(20)23-14-15-26-22(19-23)12-9-17-35-26/h14-15,18-19,21,30,34H,5-13,16-17H2,1-4H3. The molecule has 1 atom stereocenters. The van der Waals surface area contributed by atoms with E-state index in [1.807, 2.05) is 31.7 Å². The molecule has 2 aliphatic heterocycles. The highest BCUT2D eigenvalue weighted by Crippen LogP contribution is 2.45.